The summed E-state index contributed by atoms with van der Waals surface area (Å²) in [6.45, 7) is 4.87. The van der Waals surface area contributed by atoms with Crippen LogP contribution in [0.3, 0.4) is 0 Å². The molecular formula is C27H28N4O2. The zero-order valence-corrected chi connectivity index (χ0v) is 18.8. The summed E-state index contributed by atoms with van der Waals surface area (Å²) in [7, 11) is 0. The highest BCUT2D eigenvalue weighted by molar-refractivity contribution is 5.80. The molecule has 0 bridgehead atoms. The standard InChI is InChI=1S/C27H28N4O2/c1-19-2-7-23(8-3-19)33-24-9-4-21(5-10-24)30-22-6-11-25-26(16-22)31-27(17-29-25)32-18-20-12-14-28-15-13-20/h2-11,16-17,20,28,30H,12-15,18H2,1H3. The molecule has 1 aromatic heterocycles. The number of aromatic nitrogens is 2. The lowest BCUT2D eigenvalue weighted by atomic mass is 9.99. The summed E-state index contributed by atoms with van der Waals surface area (Å²) in [5.41, 5.74) is 4.78. The van der Waals surface area contributed by atoms with Crippen LogP contribution in [0.5, 0.6) is 17.4 Å². The molecule has 4 aromatic rings. The van der Waals surface area contributed by atoms with Gasteiger partial charge in [-0.2, -0.15) is 0 Å². The van der Waals surface area contributed by atoms with E-state index in [1.807, 2.05) is 66.7 Å². The third-order valence-corrected chi connectivity index (χ3v) is 5.85. The maximum atomic E-state index is 5.94. The minimum absolute atomic E-state index is 0.578. The van der Waals surface area contributed by atoms with Gasteiger partial charge in [-0.1, -0.05) is 17.7 Å². The van der Waals surface area contributed by atoms with E-state index >= 15 is 0 Å². The summed E-state index contributed by atoms with van der Waals surface area (Å²) in [6.07, 6.45) is 4.00. The van der Waals surface area contributed by atoms with E-state index in [4.69, 9.17) is 9.47 Å². The number of piperidine rings is 1. The van der Waals surface area contributed by atoms with Gasteiger partial charge in [-0.15, -0.1) is 0 Å². The van der Waals surface area contributed by atoms with Gasteiger partial charge in [0, 0.05) is 11.4 Å². The van der Waals surface area contributed by atoms with Gasteiger partial charge in [0.1, 0.15) is 11.5 Å². The van der Waals surface area contributed by atoms with Crippen LogP contribution >= 0.6 is 0 Å². The number of nitrogens with zero attached hydrogens (tertiary/aromatic N) is 2. The molecule has 33 heavy (non-hydrogen) atoms. The molecule has 168 valence electrons. The Morgan fingerprint density at radius 3 is 2.33 bits per heavy atom. The molecule has 0 saturated carbocycles. The molecule has 6 heteroatoms. The lowest BCUT2D eigenvalue weighted by Gasteiger charge is -2.22. The van der Waals surface area contributed by atoms with Crippen molar-refractivity contribution in [2.75, 3.05) is 25.0 Å². The first-order chi connectivity index (χ1) is 16.2. The van der Waals surface area contributed by atoms with Gasteiger partial charge in [0.25, 0.3) is 0 Å². The van der Waals surface area contributed by atoms with Crippen LogP contribution in [0.25, 0.3) is 11.0 Å². The van der Waals surface area contributed by atoms with Crippen molar-refractivity contribution in [1.82, 2.24) is 15.3 Å². The van der Waals surface area contributed by atoms with Crippen molar-refractivity contribution < 1.29 is 9.47 Å². The van der Waals surface area contributed by atoms with Crippen molar-refractivity contribution >= 4 is 22.4 Å². The molecule has 3 aromatic carbocycles. The number of benzene rings is 3. The Labute approximate surface area is 194 Å². The number of anilines is 2. The third-order valence-electron chi connectivity index (χ3n) is 5.85. The molecule has 1 aliphatic rings. The van der Waals surface area contributed by atoms with E-state index < -0.39 is 0 Å². The Hall–Kier alpha value is -3.64. The zero-order valence-electron chi connectivity index (χ0n) is 18.8. The predicted molar refractivity (Wildman–Crippen MR) is 132 cm³/mol. The lowest BCUT2D eigenvalue weighted by molar-refractivity contribution is 0.209. The van der Waals surface area contributed by atoms with Crippen LogP contribution in [0.2, 0.25) is 0 Å². The summed E-state index contributed by atoms with van der Waals surface area (Å²) >= 11 is 0. The molecule has 1 aliphatic heterocycles. The van der Waals surface area contributed by atoms with Crippen LogP contribution in [0, 0.1) is 12.8 Å². The van der Waals surface area contributed by atoms with E-state index in [-0.39, 0.29) is 0 Å². The fraction of sp³-hybridized carbons (Fsp3) is 0.259. The smallest absolute Gasteiger partial charge is 0.232 e. The second-order valence-electron chi connectivity index (χ2n) is 8.48. The van der Waals surface area contributed by atoms with Gasteiger partial charge < -0.3 is 20.1 Å². The Balaban J connectivity index is 1.23. The number of nitrogens with one attached hydrogen (secondary N) is 2. The number of aryl methyl sites for hydroxylation is 1. The summed E-state index contributed by atoms with van der Waals surface area (Å²) in [6, 6.07) is 21.9. The van der Waals surface area contributed by atoms with Gasteiger partial charge >= 0.3 is 0 Å². The van der Waals surface area contributed by atoms with E-state index in [2.05, 4.69) is 27.5 Å². The topological polar surface area (TPSA) is 68.3 Å². The Morgan fingerprint density at radius 2 is 1.58 bits per heavy atom. The molecule has 0 amide bonds. The van der Waals surface area contributed by atoms with Crippen molar-refractivity contribution in [3.05, 3.63) is 78.5 Å². The molecule has 0 unspecified atom stereocenters. The van der Waals surface area contributed by atoms with Gasteiger partial charge in [0.2, 0.25) is 5.88 Å². The summed E-state index contributed by atoms with van der Waals surface area (Å²) in [5.74, 6) is 2.78. The van der Waals surface area contributed by atoms with Gasteiger partial charge in [-0.25, -0.2) is 9.97 Å². The fourth-order valence-electron chi connectivity index (χ4n) is 3.91. The summed E-state index contributed by atoms with van der Waals surface area (Å²) in [5, 5.41) is 6.81. The zero-order chi connectivity index (χ0) is 22.5. The Bertz CT molecular complexity index is 1200. The maximum Gasteiger partial charge on any atom is 0.232 e. The third kappa shape index (κ3) is 5.59. The average Bonchev–Trinajstić information content (AvgIpc) is 2.86. The minimum Gasteiger partial charge on any atom is -0.476 e. The number of hydrogen-bond donors (Lipinski definition) is 2. The molecule has 0 radical (unpaired) electrons. The SMILES string of the molecule is Cc1ccc(Oc2ccc(Nc3ccc4ncc(OCC5CCNCC5)nc4c3)cc2)cc1. The van der Waals surface area contributed by atoms with Crippen LogP contribution in [0.15, 0.2) is 72.9 Å². The molecule has 1 saturated heterocycles. The predicted octanol–water partition coefficient (Wildman–Crippen LogP) is 5.85. The van der Waals surface area contributed by atoms with E-state index in [0.717, 1.165) is 59.8 Å². The largest absolute Gasteiger partial charge is 0.476 e. The summed E-state index contributed by atoms with van der Waals surface area (Å²) < 4.78 is 11.9. The van der Waals surface area contributed by atoms with E-state index in [9.17, 15) is 0 Å². The first-order valence-corrected chi connectivity index (χ1v) is 11.4. The molecule has 0 spiro atoms. The van der Waals surface area contributed by atoms with Crippen LogP contribution in [0.1, 0.15) is 18.4 Å². The lowest BCUT2D eigenvalue weighted by Crippen LogP contribution is -2.30. The van der Waals surface area contributed by atoms with Crippen molar-refractivity contribution in [3.63, 3.8) is 0 Å². The number of rotatable bonds is 7. The highest BCUT2D eigenvalue weighted by Crippen LogP contribution is 2.26. The van der Waals surface area contributed by atoms with Crippen LogP contribution in [-0.2, 0) is 0 Å². The van der Waals surface area contributed by atoms with E-state index in [1.165, 1.54) is 5.56 Å². The first kappa shape index (κ1) is 21.2. The first-order valence-electron chi connectivity index (χ1n) is 11.4. The quantitative estimate of drug-likeness (QED) is 0.376. The molecule has 2 N–H and O–H groups in total. The fourth-order valence-corrected chi connectivity index (χ4v) is 3.91. The number of ether oxygens (including phenoxy) is 2. The average molecular weight is 441 g/mol. The van der Waals surface area contributed by atoms with Gasteiger partial charge in [0.15, 0.2) is 0 Å². The molecule has 0 atom stereocenters. The van der Waals surface area contributed by atoms with Crippen molar-refractivity contribution in [1.29, 1.82) is 0 Å². The van der Waals surface area contributed by atoms with Crippen molar-refractivity contribution in [2.45, 2.75) is 19.8 Å². The van der Waals surface area contributed by atoms with Crippen LogP contribution in [0.4, 0.5) is 11.4 Å². The normalized spacial score (nSPS) is 14.2. The molecule has 2 heterocycles. The maximum absolute atomic E-state index is 5.94. The minimum atomic E-state index is 0.578. The number of hydrogen-bond acceptors (Lipinski definition) is 6. The van der Waals surface area contributed by atoms with Crippen molar-refractivity contribution in [2.24, 2.45) is 5.92 Å². The molecular weight excluding hydrogens is 412 g/mol. The van der Waals surface area contributed by atoms with Crippen LogP contribution < -0.4 is 20.1 Å². The second-order valence-corrected chi connectivity index (χ2v) is 8.48. The van der Waals surface area contributed by atoms with Crippen molar-refractivity contribution in [3.8, 4) is 17.4 Å². The second kappa shape index (κ2) is 9.88. The Kier molecular flexibility index (Phi) is 6.35. The number of fused-ring (bicyclic) bond motifs is 1. The van der Waals surface area contributed by atoms with Crippen LogP contribution in [-0.4, -0.2) is 29.7 Å². The van der Waals surface area contributed by atoms with E-state index in [0.29, 0.717) is 18.4 Å². The van der Waals surface area contributed by atoms with Gasteiger partial charge in [0.05, 0.1) is 23.8 Å². The molecule has 0 aliphatic carbocycles. The molecule has 5 rings (SSSR count). The molecule has 6 nitrogen and oxygen atoms in total. The van der Waals surface area contributed by atoms with Gasteiger partial charge in [-0.3, -0.25) is 0 Å². The summed E-state index contributed by atoms with van der Waals surface area (Å²) in [4.78, 5) is 9.17. The Morgan fingerprint density at radius 1 is 0.879 bits per heavy atom. The highest BCUT2D eigenvalue weighted by atomic mass is 16.5. The van der Waals surface area contributed by atoms with Gasteiger partial charge in [-0.05, 0) is 93.4 Å². The van der Waals surface area contributed by atoms with E-state index in [1.54, 1.807) is 6.20 Å². The molecule has 1 fully saturated rings. The highest BCUT2D eigenvalue weighted by Gasteiger charge is 2.14. The monoisotopic (exact) mass is 440 g/mol.